The highest BCUT2D eigenvalue weighted by atomic mass is 35.5. The highest BCUT2D eigenvalue weighted by molar-refractivity contribution is 6.33. The van der Waals surface area contributed by atoms with Crippen LogP contribution in [0.3, 0.4) is 0 Å². The molecule has 0 aliphatic carbocycles. The number of carbonyl (C=O) groups is 1. The lowest BCUT2D eigenvalue weighted by Crippen LogP contribution is -2.29. The number of ether oxygens (including phenoxy) is 1. The maximum absolute atomic E-state index is 12.6. The summed E-state index contributed by atoms with van der Waals surface area (Å²) in [6, 6.07) is 7.17. The second-order valence-electron chi connectivity index (χ2n) is 5.29. The highest BCUT2D eigenvalue weighted by Gasteiger charge is 2.28. The molecule has 1 aromatic heterocycles. The standard InChI is InChI=1S/C16H17ClN2O3/c1-22-15-9-14(18-5-2-3-6-18)13(17)8-12(15)16(21)19-7-4-11(20)10-19/h2-3,5-6,8-9,11,20H,4,7,10H2,1H3/t11-/m1/s1. The molecule has 0 bridgehead atoms. The number of aliphatic hydroxyl groups is 1. The molecule has 1 atom stereocenters. The normalized spacial score (nSPS) is 17.8. The average Bonchev–Trinajstić information content (AvgIpc) is 3.17. The topological polar surface area (TPSA) is 54.7 Å². The van der Waals surface area contributed by atoms with Gasteiger partial charge in [0.25, 0.3) is 5.91 Å². The van der Waals surface area contributed by atoms with Crippen molar-refractivity contribution in [3.63, 3.8) is 0 Å². The first-order valence-electron chi connectivity index (χ1n) is 7.08. The quantitative estimate of drug-likeness (QED) is 0.944. The van der Waals surface area contributed by atoms with Crippen LogP contribution in [0.4, 0.5) is 0 Å². The molecular formula is C16H17ClN2O3. The number of likely N-dealkylation sites (tertiary alicyclic amines) is 1. The number of carbonyl (C=O) groups excluding carboxylic acids is 1. The van der Waals surface area contributed by atoms with Gasteiger partial charge in [-0.15, -0.1) is 0 Å². The SMILES string of the molecule is COc1cc(-n2cccc2)c(Cl)cc1C(=O)N1CC[C@@H](O)C1. The van der Waals surface area contributed by atoms with Crippen LogP contribution in [0, 0.1) is 0 Å². The number of hydrogen-bond acceptors (Lipinski definition) is 3. The fourth-order valence-electron chi connectivity index (χ4n) is 2.67. The van der Waals surface area contributed by atoms with Crippen LogP contribution in [-0.2, 0) is 0 Å². The van der Waals surface area contributed by atoms with Gasteiger partial charge in [0.05, 0.1) is 29.5 Å². The minimum Gasteiger partial charge on any atom is -0.496 e. The van der Waals surface area contributed by atoms with Crippen molar-refractivity contribution in [2.75, 3.05) is 20.2 Å². The molecule has 0 saturated carbocycles. The Morgan fingerprint density at radius 3 is 2.68 bits per heavy atom. The second kappa shape index (κ2) is 6.02. The van der Waals surface area contributed by atoms with E-state index in [-0.39, 0.29) is 5.91 Å². The first-order chi connectivity index (χ1) is 10.6. The molecular weight excluding hydrogens is 304 g/mol. The molecule has 2 heterocycles. The van der Waals surface area contributed by atoms with Crippen LogP contribution in [0.1, 0.15) is 16.8 Å². The third-order valence-corrected chi connectivity index (χ3v) is 4.14. The van der Waals surface area contributed by atoms with E-state index in [1.54, 1.807) is 17.0 Å². The molecule has 1 amide bonds. The zero-order valence-electron chi connectivity index (χ0n) is 12.2. The number of β-amino-alcohol motifs (C(OH)–C–C–N with tert-alkyl or cyclic N) is 1. The van der Waals surface area contributed by atoms with Crippen LogP contribution in [0.25, 0.3) is 5.69 Å². The monoisotopic (exact) mass is 320 g/mol. The molecule has 6 heteroatoms. The molecule has 0 radical (unpaired) electrons. The van der Waals surface area contributed by atoms with Gasteiger partial charge < -0.3 is 19.3 Å². The van der Waals surface area contributed by atoms with E-state index in [9.17, 15) is 9.90 Å². The Balaban J connectivity index is 1.98. The van der Waals surface area contributed by atoms with Gasteiger partial charge in [-0.1, -0.05) is 11.6 Å². The van der Waals surface area contributed by atoms with Gasteiger partial charge in [-0.3, -0.25) is 4.79 Å². The van der Waals surface area contributed by atoms with Crippen molar-refractivity contribution in [1.82, 2.24) is 9.47 Å². The average molecular weight is 321 g/mol. The van der Waals surface area contributed by atoms with E-state index in [2.05, 4.69) is 0 Å². The Hall–Kier alpha value is -1.98. The van der Waals surface area contributed by atoms with E-state index in [0.717, 1.165) is 5.69 Å². The number of benzene rings is 1. The summed E-state index contributed by atoms with van der Waals surface area (Å²) in [4.78, 5) is 14.2. The van der Waals surface area contributed by atoms with Gasteiger partial charge in [0.15, 0.2) is 0 Å². The van der Waals surface area contributed by atoms with Crippen LogP contribution in [0.15, 0.2) is 36.7 Å². The third-order valence-electron chi connectivity index (χ3n) is 3.83. The fourth-order valence-corrected chi connectivity index (χ4v) is 2.93. The highest BCUT2D eigenvalue weighted by Crippen LogP contribution is 2.31. The lowest BCUT2D eigenvalue weighted by Gasteiger charge is -2.19. The first kappa shape index (κ1) is 14.9. The number of aliphatic hydroxyl groups excluding tert-OH is 1. The van der Waals surface area contributed by atoms with Crippen molar-refractivity contribution in [1.29, 1.82) is 0 Å². The van der Waals surface area contributed by atoms with Gasteiger partial charge in [0, 0.05) is 31.5 Å². The predicted octanol–water partition coefficient (Wildman–Crippen LogP) is 2.35. The van der Waals surface area contributed by atoms with Gasteiger partial charge in [-0.2, -0.15) is 0 Å². The van der Waals surface area contributed by atoms with E-state index in [4.69, 9.17) is 16.3 Å². The van der Waals surface area contributed by atoms with E-state index < -0.39 is 6.10 Å². The number of methoxy groups -OCH3 is 1. The van der Waals surface area contributed by atoms with Gasteiger partial charge >= 0.3 is 0 Å². The van der Waals surface area contributed by atoms with Gasteiger partial charge in [-0.25, -0.2) is 0 Å². The summed E-state index contributed by atoms with van der Waals surface area (Å²) in [7, 11) is 1.53. The van der Waals surface area contributed by atoms with Gasteiger partial charge in [-0.05, 0) is 24.6 Å². The number of halogens is 1. The summed E-state index contributed by atoms with van der Waals surface area (Å²) in [6.45, 7) is 0.888. The molecule has 1 aliphatic rings. The maximum atomic E-state index is 12.6. The Morgan fingerprint density at radius 2 is 2.09 bits per heavy atom. The van der Waals surface area contributed by atoms with Crippen molar-refractivity contribution < 1.29 is 14.6 Å². The van der Waals surface area contributed by atoms with Gasteiger partial charge in [0.1, 0.15) is 5.75 Å². The van der Waals surface area contributed by atoms with Crippen molar-refractivity contribution in [3.05, 3.63) is 47.2 Å². The van der Waals surface area contributed by atoms with Crippen LogP contribution in [-0.4, -0.2) is 46.8 Å². The fraction of sp³-hybridized carbons (Fsp3) is 0.312. The Labute approximate surface area is 133 Å². The Bertz CT molecular complexity index is 685. The van der Waals surface area contributed by atoms with Crippen molar-refractivity contribution >= 4 is 17.5 Å². The van der Waals surface area contributed by atoms with Gasteiger partial charge in [0.2, 0.25) is 0 Å². The molecule has 1 saturated heterocycles. The van der Waals surface area contributed by atoms with Crippen molar-refractivity contribution in [3.8, 4) is 11.4 Å². The molecule has 1 N–H and O–H groups in total. The summed E-state index contributed by atoms with van der Waals surface area (Å²) < 4.78 is 7.22. The van der Waals surface area contributed by atoms with E-state index in [1.807, 2.05) is 29.1 Å². The minimum absolute atomic E-state index is 0.172. The number of amides is 1. The van der Waals surface area contributed by atoms with E-state index in [1.165, 1.54) is 7.11 Å². The van der Waals surface area contributed by atoms with E-state index in [0.29, 0.717) is 35.8 Å². The summed E-state index contributed by atoms with van der Waals surface area (Å²) >= 11 is 6.33. The largest absolute Gasteiger partial charge is 0.496 e. The third kappa shape index (κ3) is 2.69. The number of rotatable bonds is 3. The zero-order valence-corrected chi connectivity index (χ0v) is 13.0. The van der Waals surface area contributed by atoms with Crippen LogP contribution in [0.2, 0.25) is 5.02 Å². The first-order valence-corrected chi connectivity index (χ1v) is 7.46. The molecule has 3 rings (SSSR count). The lowest BCUT2D eigenvalue weighted by atomic mass is 10.1. The lowest BCUT2D eigenvalue weighted by molar-refractivity contribution is 0.0761. The van der Waals surface area contributed by atoms with Crippen molar-refractivity contribution in [2.24, 2.45) is 0 Å². The molecule has 0 spiro atoms. The maximum Gasteiger partial charge on any atom is 0.257 e. The zero-order chi connectivity index (χ0) is 15.7. The Kier molecular flexibility index (Phi) is 4.09. The predicted molar refractivity (Wildman–Crippen MR) is 83.9 cm³/mol. The number of nitrogens with zero attached hydrogens (tertiary/aromatic N) is 2. The van der Waals surface area contributed by atoms with E-state index >= 15 is 0 Å². The second-order valence-corrected chi connectivity index (χ2v) is 5.70. The molecule has 1 aliphatic heterocycles. The summed E-state index contributed by atoms with van der Waals surface area (Å²) in [6.07, 6.45) is 3.89. The van der Waals surface area contributed by atoms with Crippen molar-refractivity contribution in [2.45, 2.75) is 12.5 Å². The number of aromatic nitrogens is 1. The van der Waals surface area contributed by atoms with Crippen LogP contribution >= 0.6 is 11.6 Å². The summed E-state index contributed by atoms with van der Waals surface area (Å²) in [5, 5.41) is 10.1. The molecule has 5 nitrogen and oxygen atoms in total. The summed E-state index contributed by atoms with van der Waals surface area (Å²) in [5.41, 5.74) is 1.17. The molecule has 116 valence electrons. The molecule has 2 aromatic rings. The molecule has 1 fully saturated rings. The van der Waals surface area contributed by atoms with Crippen LogP contribution < -0.4 is 4.74 Å². The smallest absolute Gasteiger partial charge is 0.257 e. The molecule has 1 aromatic carbocycles. The molecule has 22 heavy (non-hydrogen) atoms. The molecule has 0 unspecified atom stereocenters. The number of hydrogen-bond donors (Lipinski definition) is 1. The summed E-state index contributed by atoms with van der Waals surface area (Å²) in [5.74, 6) is 0.300. The minimum atomic E-state index is -0.454. The van der Waals surface area contributed by atoms with Crippen LogP contribution in [0.5, 0.6) is 5.75 Å². The Morgan fingerprint density at radius 1 is 1.36 bits per heavy atom.